The fraction of sp³-hybridized carbons (Fsp3) is 0.682. The predicted octanol–water partition coefficient (Wildman–Crippen LogP) is 0.650. The van der Waals surface area contributed by atoms with Crippen LogP contribution in [0.15, 0.2) is 24.3 Å². The molecule has 0 saturated carbocycles. The van der Waals surface area contributed by atoms with Crippen LogP contribution in [0.3, 0.4) is 0 Å². The molecule has 4 heterocycles. The van der Waals surface area contributed by atoms with Gasteiger partial charge in [0.05, 0.1) is 5.92 Å². The Morgan fingerprint density at radius 2 is 1.93 bits per heavy atom. The van der Waals surface area contributed by atoms with Crippen molar-refractivity contribution in [1.29, 1.82) is 0 Å². The Hall–Kier alpha value is -2.19. The van der Waals surface area contributed by atoms with Gasteiger partial charge in [0.2, 0.25) is 11.8 Å². The molecule has 2 amide bonds. The maximum atomic E-state index is 13.7. The summed E-state index contributed by atoms with van der Waals surface area (Å²) < 4.78 is 12.1. The number of hydrogen-bond acceptors (Lipinski definition) is 6. The van der Waals surface area contributed by atoms with Crippen molar-refractivity contribution in [2.24, 2.45) is 11.8 Å². The Morgan fingerprint density at radius 3 is 2.60 bits per heavy atom. The van der Waals surface area contributed by atoms with E-state index in [2.05, 4.69) is 0 Å². The van der Waals surface area contributed by atoms with Gasteiger partial charge in [-0.3, -0.25) is 14.4 Å². The number of esters is 1. The average Bonchev–Trinajstić information content (AvgIpc) is 2.98. The van der Waals surface area contributed by atoms with Crippen molar-refractivity contribution in [3.63, 3.8) is 0 Å². The van der Waals surface area contributed by atoms with Gasteiger partial charge in [-0.15, -0.1) is 0 Å². The number of rotatable bonds is 5. The van der Waals surface area contributed by atoms with Crippen molar-refractivity contribution < 1.29 is 29.0 Å². The van der Waals surface area contributed by atoms with Gasteiger partial charge in [0.1, 0.15) is 29.8 Å². The highest BCUT2D eigenvalue weighted by Gasteiger charge is 2.75. The zero-order chi connectivity index (χ0) is 21.7. The Balaban J connectivity index is 1.88. The molecule has 1 spiro atoms. The minimum Gasteiger partial charge on any atom is -0.461 e. The second kappa shape index (κ2) is 7.50. The second-order valence-electron chi connectivity index (χ2n) is 8.75. The first-order valence-corrected chi connectivity index (χ1v) is 10.8. The number of carbonyl (C=O) groups excluding carboxylic acids is 3. The highest BCUT2D eigenvalue weighted by Crippen LogP contribution is 2.58. The number of amides is 2. The van der Waals surface area contributed by atoms with Gasteiger partial charge in [0.25, 0.3) is 0 Å². The summed E-state index contributed by atoms with van der Waals surface area (Å²) in [6.45, 7) is 6.47. The fourth-order valence-electron chi connectivity index (χ4n) is 5.56. The first kappa shape index (κ1) is 21.1. The molecule has 0 aromatic rings. The zero-order valence-electron chi connectivity index (χ0n) is 17.7. The summed E-state index contributed by atoms with van der Waals surface area (Å²) >= 11 is 0. The first-order valence-electron chi connectivity index (χ1n) is 10.8. The van der Waals surface area contributed by atoms with Crippen LogP contribution >= 0.6 is 0 Å². The van der Waals surface area contributed by atoms with E-state index in [1.54, 1.807) is 11.0 Å². The Kier molecular flexibility index (Phi) is 5.26. The molecule has 0 radical (unpaired) electrons. The van der Waals surface area contributed by atoms with Crippen molar-refractivity contribution in [2.45, 2.75) is 56.9 Å². The van der Waals surface area contributed by atoms with E-state index in [0.29, 0.717) is 19.4 Å². The Labute approximate surface area is 176 Å². The van der Waals surface area contributed by atoms with E-state index >= 15 is 0 Å². The molecule has 2 fully saturated rings. The molecule has 164 valence electrons. The van der Waals surface area contributed by atoms with Crippen molar-refractivity contribution >= 4 is 17.8 Å². The van der Waals surface area contributed by atoms with Crippen molar-refractivity contribution in [3.8, 4) is 0 Å². The van der Waals surface area contributed by atoms with Crippen LogP contribution in [0.4, 0.5) is 0 Å². The second-order valence-corrected chi connectivity index (χ2v) is 8.75. The minimum absolute atomic E-state index is 0.0528. The van der Waals surface area contributed by atoms with Gasteiger partial charge >= 0.3 is 5.97 Å². The molecule has 2 saturated heterocycles. The van der Waals surface area contributed by atoms with Crippen LogP contribution < -0.4 is 0 Å². The highest BCUT2D eigenvalue weighted by atomic mass is 16.6. The lowest BCUT2D eigenvalue weighted by Gasteiger charge is -2.38. The van der Waals surface area contributed by atoms with Crippen molar-refractivity contribution in [1.82, 2.24) is 9.80 Å². The summed E-state index contributed by atoms with van der Waals surface area (Å²) in [6.07, 6.45) is 8.11. The molecule has 8 heteroatoms. The van der Waals surface area contributed by atoms with Gasteiger partial charge in [-0.25, -0.2) is 0 Å². The molecule has 4 aliphatic rings. The van der Waals surface area contributed by atoms with Gasteiger partial charge in [0, 0.05) is 25.7 Å². The number of carbonyl (C=O) groups is 3. The number of aliphatic hydroxyl groups is 1. The fourth-order valence-corrected chi connectivity index (χ4v) is 5.56. The van der Waals surface area contributed by atoms with Crippen LogP contribution in [0.25, 0.3) is 0 Å². The smallest absolute Gasteiger partial charge is 0.313 e. The topological polar surface area (TPSA) is 96.4 Å². The lowest BCUT2D eigenvalue weighted by molar-refractivity contribution is -0.159. The average molecular weight is 418 g/mol. The summed E-state index contributed by atoms with van der Waals surface area (Å²) in [5.41, 5.74) is -2.23. The highest BCUT2D eigenvalue weighted by molar-refractivity contribution is 5.99. The molecule has 0 aromatic carbocycles. The van der Waals surface area contributed by atoms with E-state index in [0.717, 1.165) is 0 Å². The van der Waals surface area contributed by atoms with E-state index in [1.165, 1.54) is 4.90 Å². The van der Waals surface area contributed by atoms with Crippen LogP contribution in [0.5, 0.6) is 0 Å². The number of likely N-dealkylation sites (tertiary alicyclic amines) is 1. The predicted molar refractivity (Wildman–Crippen MR) is 107 cm³/mol. The summed E-state index contributed by atoms with van der Waals surface area (Å²) in [6, 6.07) is -0.928. The minimum atomic E-state index is -1.24. The van der Waals surface area contributed by atoms with Crippen LogP contribution in [0.1, 0.15) is 33.6 Å². The largest absolute Gasteiger partial charge is 0.461 e. The maximum Gasteiger partial charge on any atom is 0.313 e. The van der Waals surface area contributed by atoms with Crippen LogP contribution in [0, 0.1) is 11.8 Å². The van der Waals surface area contributed by atoms with Crippen LogP contribution in [0.2, 0.25) is 0 Å². The molecular formula is C22H30N2O6. The summed E-state index contributed by atoms with van der Waals surface area (Å²) in [5.74, 6) is -2.61. The van der Waals surface area contributed by atoms with Crippen LogP contribution in [-0.2, 0) is 23.9 Å². The van der Waals surface area contributed by atoms with Gasteiger partial charge < -0.3 is 24.4 Å². The number of hydrogen-bond donors (Lipinski definition) is 1. The first-order chi connectivity index (χ1) is 14.3. The molecular weight excluding hydrogens is 388 g/mol. The monoisotopic (exact) mass is 418 g/mol. The third-order valence-corrected chi connectivity index (χ3v) is 6.91. The molecule has 1 unspecified atom stereocenters. The standard InChI is InChI=1S/C22H30N2O6/c1-4-21-8-6-13-29-20(28)16(21)15-18(26)24(11-7-12-25)17-19(27)23(14(2)3)10-5-9-22(15,17)30-21/h5-6,8-9,14-17,25H,4,7,10-13H2,1-3H3/t15-,16+,17?,21-,22-/m0/s1. The summed E-state index contributed by atoms with van der Waals surface area (Å²) in [4.78, 5) is 43.6. The van der Waals surface area contributed by atoms with Crippen LogP contribution in [-0.4, -0.2) is 82.3 Å². The molecule has 4 rings (SSSR count). The number of nitrogens with zero attached hydrogens (tertiary/aromatic N) is 2. The number of fused-ring (bicyclic) bond motifs is 2. The van der Waals surface area contributed by atoms with Crippen molar-refractivity contribution in [3.05, 3.63) is 24.3 Å². The molecule has 0 aliphatic carbocycles. The summed E-state index contributed by atoms with van der Waals surface area (Å²) in [5, 5.41) is 9.36. The van der Waals surface area contributed by atoms with E-state index in [1.807, 2.05) is 39.0 Å². The van der Waals surface area contributed by atoms with Gasteiger partial charge in [-0.05, 0) is 32.8 Å². The number of ether oxygens (including phenoxy) is 2. The zero-order valence-corrected chi connectivity index (χ0v) is 17.7. The molecule has 0 aromatic heterocycles. The molecule has 1 N–H and O–H groups in total. The van der Waals surface area contributed by atoms with E-state index in [4.69, 9.17) is 9.47 Å². The van der Waals surface area contributed by atoms with Gasteiger partial charge in [0.15, 0.2) is 0 Å². The van der Waals surface area contributed by atoms with Gasteiger partial charge in [-0.1, -0.05) is 25.2 Å². The third kappa shape index (κ3) is 2.76. The summed E-state index contributed by atoms with van der Waals surface area (Å²) in [7, 11) is 0. The molecule has 4 aliphatic heterocycles. The number of aliphatic hydroxyl groups excluding tert-OH is 1. The molecule has 5 atom stereocenters. The quantitative estimate of drug-likeness (QED) is 0.520. The lowest BCUT2D eigenvalue weighted by atomic mass is 9.73. The SMILES string of the molecule is CC[C@]12C=CCOC(=O)[C@H]1[C@H]1C(=O)N(CCCO)C3C(=O)N(C(C)C)CC=C[C@@]31O2. The van der Waals surface area contributed by atoms with E-state index in [-0.39, 0.29) is 37.6 Å². The lowest BCUT2D eigenvalue weighted by Crippen LogP contribution is -2.57. The van der Waals surface area contributed by atoms with E-state index < -0.39 is 35.0 Å². The third-order valence-electron chi connectivity index (χ3n) is 6.91. The maximum absolute atomic E-state index is 13.7. The Bertz CT molecular complexity index is 807. The van der Waals surface area contributed by atoms with Gasteiger partial charge in [-0.2, -0.15) is 0 Å². The number of cyclic esters (lactones) is 1. The normalized spacial score (nSPS) is 37.8. The Morgan fingerprint density at radius 1 is 1.17 bits per heavy atom. The molecule has 30 heavy (non-hydrogen) atoms. The molecule has 0 bridgehead atoms. The molecule has 8 nitrogen and oxygen atoms in total. The van der Waals surface area contributed by atoms with E-state index in [9.17, 15) is 19.5 Å². The van der Waals surface area contributed by atoms with Crippen molar-refractivity contribution in [2.75, 3.05) is 26.3 Å².